The predicted molar refractivity (Wildman–Crippen MR) is 54.1 cm³/mol. The number of nitrogens with zero attached hydrogens (tertiary/aromatic N) is 1. The minimum absolute atomic E-state index is 0.0204. The molecule has 0 spiro atoms. The van der Waals surface area contributed by atoms with Crippen LogP contribution in [-0.4, -0.2) is 18.4 Å². The zero-order valence-electron chi connectivity index (χ0n) is 6.96. The second-order valence-electron chi connectivity index (χ2n) is 2.77. The quantitative estimate of drug-likeness (QED) is 0.808. The van der Waals surface area contributed by atoms with Gasteiger partial charge in [0.1, 0.15) is 5.52 Å². The summed E-state index contributed by atoms with van der Waals surface area (Å²) in [7, 11) is 1.11. The molecule has 0 amide bonds. The number of rotatable bonds is 1. The molecule has 0 unspecified atom stereocenters. The number of aromatic amines is 1. The molecule has 0 saturated heterocycles. The van der Waals surface area contributed by atoms with Crippen LogP contribution in [0.1, 0.15) is 0 Å². The van der Waals surface area contributed by atoms with Crippen LogP contribution in [0.2, 0.25) is 5.28 Å². The van der Waals surface area contributed by atoms with Crippen molar-refractivity contribution in [2.75, 3.05) is 0 Å². The molecule has 4 nitrogen and oxygen atoms in total. The molecule has 1 aromatic heterocycles. The first-order chi connectivity index (χ1) is 6.88. The fraction of sp³-hybridized carbons (Fsp3) is 0. The normalized spacial score (nSPS) is 12.2. The number of aromatic nitrogens is 2. The van der Waals surface area contributed by atoms with Crippen molar-refractivity contribution in [3.63, 3.8) is 0 Å². The molecular formula is C7H3Cl2FN2O2S. The number of imidazole rings is 1. The van der Waals surface area contributed by atoms with Gasteiger partial charge < -0.3 is 4.98 Å². The SMILES string of the molecule is O=S(=O)(Cl)c1cc(F)c2nc(Cl)[nH]c2c1. The van der Waals surface area contributed by atoms with Gasteiger partial charge in [0.05, 0.1) is 10.4 Å². The molecule has 1 aromatic carbocycles. The van der Waals surface area contributed by atoms with Gasteiger partial charge in [-0.3, -0.25) is 0 Å². The molecule has 8 heteroatoms. The van der Waals surface area contributed by atoms with Crippen molar-refractivity contribution >= 4 is 42.4 Å². The summed E-state index contributed by atoms with van der Waals surface area (Å²) >= 11 is 5.51. The first-order valence-electron chi connectivity index (χ1n) is 3.67. The van der Waals surface area contributed by atoms with Gasteiger partial charge in [-0.1, -0.05) is 0 Å². The highest BCUT2D eigenvalue weighted by molar-refractivity contribution is 8.13. The Balaban J connectivity index is 2.84. The van der Waals surface area contributed by atoms with Gasteiger partial charge in [0, 0.05) is 10.7 Å². The Hall–Kier alpha value is -0.850. The maximum atomic E-state index is 13.3. The van der Waals surface area contributed by atoms with Gasteiger partial charge in [-0.25, -0.2) is 17.8 Å². The van der Waals surface area contributed by atoms with E-state index in [-0.39, 0.29) is 21.2 Å². The highest BCUT2D eigenvalue weighted by Gasteiger charge is 2.15. The Morgan fingerprint density at radius 3 is 2.67 bits per heavy atom. The third-order valence-corrected chi connectivity index (χ3v) is 3.28. The third kappa shape index (κ3) is 1.92. The van der Waals surface area contributed by atoms with E-state index in [4.69, 9.17) is 22.3 Å². The lowest BCUT2D eigenvalue weighted by Gasteiger charge is -1.96. The summed E-state index contributed by atoms with van der Waals surface area (Å²) in [6, 6.07) is 1.96. The van der Waals surface area contributed by atoms with E-state index in [9.17, 15) is 12.8 Å². The van der Waals surface area contributed by atoms with E-state index in [1.54, 1.807) is 0 Å². The van der Waals surface area contributed by atoms with Crippen molar-refractivity contribution < 1.29 is 12.8 Å². The molecule has 0 saturated carbocycles. The van der Waals surface area contributed by atoms with Gasteiger partial charge in [-0.2, -0.15) is 0 Å². The Labute approximate surface area is 93.4 Å². The van der Waals surface area contributed by atoms with Gasteiger partial charge in [-0.15, -0.1) is 0 Å². The number of benzene rings is 1. The summed E-state index contributed by atoms with van der Waals surface area (Å²) in [6.45, 7) is 0. The van der Waals surface area contributed by atoms with Gasteiger partial charge >= 0.3 is 0 Å². The van der Waals surface area contributed by atoms with Crippen molar-refractivity contribution in [2.24, 2.45) is 0 Å². The van der Waals surface area contributed by atoms with Crippen LogP contribution in [0, 0.1) is 5.82 Å². The minimum Gasteiger partial charge on any atom is -0.328 e. The average Bonchev–Trinajstić information content (AvgIpc) is 2.44. The van der Waals surface area contributed by atoms with E-state index in [0.717, 1.165) is 6.07 Å². The highest BCUT2D eigenvalue weighted by Crippen LogP contribution is 2.24. The van der Waals surface area contributed by atoms with Gasteiger partial charge in [0.15, 0.2) is 5.82 Å². The molecule has 0 bridgehead atoms. The molecule has 0 aliphatic rings. The lowest BCUT2D eigenvalue weighted by molar-refractivity contribution is 0.605. The van der Waals surface area contributed by atoms with Crippen LogP contribution in [0.25, 0.3) is 11.0 Å². The summed E-state index contributed by atoms with van der Waals surface area (Å²) in [6.07, 6.45) is 0. The van der Waals surface area contributed by atoms with Crippen molar-refractivity contribution in [3.05, 3.63) is 23.2 Å². The number of hydrogen-bond donors (Lipinski definition) is 1. The topological polar surface area (TPSA) is 62.8 Å². The summed E-state index contributed by atoms with van der Waals surface area (Å²) in [5, 5.41) is -0.0204. The van der Waals surface area contributed by atoms with Crippen LogP contribution >= 0.6 is 22.3 Å². The predicted octanol–water partition coefficient (Wildman–Crippen LogP) is 2.28. The maximum absolute atomic E-state index is 13.3. The lowest BCUT2D eigenvalue weighted by Crippen LogP contribution is -1.92. The van der Waals surface area contributed by atoms with Crippen LogP contribution in [0.15, 0.2) is 17.0 Å². The fourth-order valence-electron chi connectivity index (χ4n) is 1.16. The monoisotopic (exact) mass is 268 g/mol. The smallest absolute Gasteiger partial charge is 0.261 e. The van der Waals surface area contributed by atoms with E-state index in [0.29, 0.717) is 0 Å². The summed E-state index contributed by atoms with van der Waals surface area (Å²) in [5.41, 5.74) is 0.156. The molecular weight excluding hydrogens is 266 g/mol. The molecule has 0 fully saturated rings. The lowest BCUT2D eigenvalue weighted by atomic mass is 10.3. The van der Waals surface area contributed by atoms with E-state index < -0.39 is 14.9 Å². The van der Waals surface area contributed by atoms with Crippen molar-refractivity contribution in [1.29, 1.82) is 0 Å². The molecule has 0 aliphatic carbocycles. The molecule has 0 aliphatic heterocycles. The average molecular weight is 269 g/mol. The Morgan fingerprint density at radius 2 is 2.07 bits per heavy atom. The number of H-pyrrole nitrogens is 1. The standard InChI is InChI=1S/C7H3Cl2FN2O2S/c8-7-11-5-2-3(15(9,13)14)1-4(10)6(5)12-7/h1-2H,(H,11,12). The van der Waals surface area contributed by atoms with Gasteiger partial charge in [0.25, 0.3) is 9.05 Å². The van der Waals surface area contributed by atoms with Crippen LogP contribution in [-0.2, 0) is 9.05 Å². The molecule has 2 aromatic rings. The van der Waals surface area contributed by atoms with E-state index in [1.807, 2.05) is 0 Å². The maximum Gasteiger partial charge on any atom is 0.261 e. The Kier molecular flexibility index (Phi) is 2.37. The van der Waals surface area contributed by atoms with Crippen LogP contribution in [0.3, 0.4) is 0 Å². The van der Waals surface area contributed by atoms with Crippen molar-refractivity contribution in [3.8, 4) is 0 Å². The zero-order chi connectivity index (χ0) is 11.2. The van der Waals surface area contributed by atoms with Crippen LogP contribution < -0.4 is 0 Å². The molecule has 15 heavy (non-hydrogen) atoms. The van der Waals surface area contributed by atoms with Gasteiger partial charge in [-0.05, 0) is 23.7 Å². The second-order valence-corrected chi connectivity index (χ2v) is 5.69. The van der Waals surface area contributed by atoms with E-state index in [2.05, 4.69) is 9.97 Å². The molecule has 1 heterocycles. The van der Waals surface area contributed by atoms with Gasteiger partial charge in [0.2, 0.25) is 5.28 Å². The Bertz CT molecular complexity index is 638. The van der Waals surface area contributed by atoms with Crippen LogP contribution in [0.4, 0.5) is 4.39 Å². The summed E-state index contributed by atoms with van der Waals surface area (Å²) in [5.74, 6) is -0.796. The first-order valence-corrected chi connectivity index (χ1v) is 6.36. The highest BCUT2D eigenvalue weighted by atomic mass is 35.7. The number of fused-ring (bicyclic) bond motifs is 1. The first kappa shape index (κ1) is 10.7. The molecule has 0 atom stereocenters. The minimum atomic E-state index is -3.97. The van der Waals surface area contributed by atoms with Crippen molar-refractivity contribution in [2.45, 2.75) is 4.90 Å². The molecule has 80 valence electrons. The summed E-state index contributed by atoms with van der Waals surface area (Å²) in [4.78, 5) is 5.80. The molecule has 0 radical (unpaired) electrons. The zero-order valence-corrected chi connectivity index (χ0v) is 9.29. The van der Waals surface area contributed by atoms with E-state index >= 15 is 0 Å². The van der Waals surface area contributed by atoms with Crippen molar-refractivity contribution in [1.82, 2.24) is 9.97 Å². The largest absolute Gasteiger partial charge is 0.328 e. The number of halogens is 3. The van der Waals surface area contributed by atoms with E-state index in [1.165, 1.54) is 6.07 Å². The fourth-order valence-corrected chi connectivity index (χ4v) is 2.12. The molecule has 1 N–H and O–H groups in total. The van der Waals surface area contributed by atoms with Crippen LogP contribution in [0.5, 0.6) is 0 Å². The second kappa shape index (κ2) is 3.33. The summed E-state index contributed by atoms with van der Waals surface area (Å²) < 4.78 is 35.3. The third-order valence-electron chi connectivity index (χ3n) is 1.77. The molecule has 2 rings (SSSR count). The Morgan fingerprint density at radius 1 is 1.40 bits per heavy atom. The number of hydrogen-bond acceptors (Lipinski definition) is 3. The number of nitrogens with one attached hydrogen (secondary N) is 1.